The predicted molar refractivity (Wildman–Crippen MR) is 73.4 cm³/mol. The Morgan fingerprint density at radius 2 is 2.19 bits per heavy atom. The lowest BCUT2D eigenvalue weighted by molar-refractivity contribution is -0.140. The minimum Gasteiger partial charge on any atom is -0.363 e. The third kappa shape index (κ3) is 3.20. The third-order valence-corrected chi connectivity index (χ3v) is 4.21. The van der Waals surface area contributed by atoms with Crippen molar-refractivity contribution >= 4 is 16.4 Å². The van der Waals surface area contributed by atoms with Gasteiger partial charge in [-0.05, 0) is 6.07 Å². The van der Waals surface area contributed by atoms with Gasteiger partial charge in [-0.15, -0.1) is 11.0 Å². The van der Waals surface area contributed by atoms with Crippen LogP contribution in [0.3, 0.4) is 0 Å². The first-order valence-electron chi connectivity index (χ1n) is 5.97. The van der Waals surface area contributed by atoms with Gasteiger partial charge in [-0.25, -0.2) is 4.98 Å². The normalized spacial score (nSPS) is 11.2. The molecule has 0 saturated carbocycles. The molecule has 0 fully saturated rings. The summed E-state index contributed by atoms with van der Waals surface area (Å²) in [5, 5.41) is 0. The SMILES string of the molecule is C=CCON(C=O)S(=O)(=O)c1cc[nH]c1Cc1ncc[nH]1. The number of hydroxylamine groups is 1. The quantitative estimate of drug-likeness (QED) is 0.421. The summed E-state index contributed by atoms with van der Waals surface area (Å²) < 4.78 is 25.0. The van der Waals surface area contributed by atoms with Gasteiger partial charge in [-0.2, -0.15) is 8.42 Å². The fraction of sp³-hybridized carbons (Fsp3) is 0.167. The molecule has 0 saturated heterocycles. The van der Waals surface area contributed by atoms with Crippen LogP contribution < -0.4 is 0 Å². The number of imidazole rings is 1. The number of sulfonamides is 1. The molecule has 2 rings (SSSR count). The zero-order chi connectivity index (χ0) is 15.3. The van der Waals surface area contributed by atoms with Crippen molar-refractivity contribution in [1.29, 1.82) is 0 Å². The van der Waals surface area contributed by atoms with Crippen LogP contribution in [0.2, 0.25) is 0 Å². The van der Waals surface area contributed by atoms with Gasteiger partial charge in [-0.1, -0.05) is 6.08 Å². The van der Waals surface area contributed by atoms with Crippen LogP contribution in [0.15, 0.2) is 42.2 Å². The molecule has 0 atom stereocenters. The van der Waals surface area contributed by atoms with E-state index in [0.717, 1.165) is 0 Å². The average molecular weight is 310 g/mol. The molecule has 2 aromatic heterocycles. The van der Waals surface area contributed by atoms with Crippen LogP contribution in [-0.4, -0.2) is 40.9 Å². The molecular formula is C12H14N4O4S. The summed E-state index contributed by atoms with van der Waals surface area (Å²) >= 11 is 0. The van der Waals surface area contributed by atoms with Crippen LogP contribution in [0.5, 0.6) is 0 Å². The summed E-state index contributed by atoms with van der Waals surface area (Å²) in [6.07, 6.45) is 6.37. The van der Waals surface area contributed by atoms with Crippen molar-refractivity contribution < 1.29 is 18.0 Å². The number of hydrogen-bond donors (Lipinski definition) is 2. The largest absolute Gasteiger partial charge is 0.363 e. The fourth-order valence-corrected chi connectivity index (χ4v) is 2.90. The molecule has 2 aromatic rings. The Morgan fingerprint density at radius 3 is 2.81 bits per heavy atom. The first-order valence-corrected chi connectivity index (χ1v) is 7.41. The zero-order valence-electron chi connectivity index (χ0n) is 11.0. The van der Waals surface area contributed by atoms with E-state index in [9.17, 15) is 13.2 Å². The molecule has 0 aliphatic rings. The lowest BCUT2D eigenvalue weighted by Crippen LogP contribution is -2.30. The summed E-state index contributed by atoms with van der Waals surface area (Å²) in [7, 11) is -4.09. The Kier molecular flexibility index (Phi) is 4.55. The van der Waals surface area contributed by atoms with Crippen LogP contribution in [0.25, 0.3) is 0 Å². The second-order valence-corrected chi connectivity index (χ2v) is 5.73. The Bertz CT molecular complexity index is 705. The molecule has 9 heteroatoms. The van der Waals surface area contributed by atoms with E-state index in [2.05, 4.69) is 21.5 Å². The molecule has 8 nitrogen and oxygen atoms in total. The first kappa shape index (κ1) is 15.0. The second kappa shape index (κ2) is 6.37. The molecule has 0 bridgehead atoms. The highest BCUT2D eigenvalue weighted by atomic mass is 32.2. The van der Waals surface area contributed by atoms with Crippen molar-refractivity contribution in [3.05, 3.63) is 48.8 Å². The fourth-order valence-electron chi connectivity index (χ4n) is 1.71. The number of hydrogen-bond acceptors (Lipinski definition) is 5. The maximum Gasteiger partial charge on any atom is 0.290 e. The minimum atomic E-state index is -4.09. The lowest BCUT2D eigenvalue weighted by atomic mass is 10.3. The lowest BCUT2D eigenvalue weighted by Gasteiger charge is -2.16. The molecule has 0 aromatic carbocycles. The molecule has 2 heterocycles. The van der Waals surface area contributed by atoms with E-state index in [1.165, 1.54) is 18.3 Å². The monoisotopic (exact) mass is 310 g/mol. The highest BCUT2D eigenvalue weighted by Gasteiger charge is 2.28. The van der Waals surface area contributed by atoms with Crippen LogP contribution in [0, 0.1) is 0 Å². The maximum absolute atomic E-state index is 12.4. The summed E-state index contributed by atoms with van der Waals surface area (Å²) in [5.41, 5.74) is 0.402. The molecule has 0 unspecified atom stereocenters. The summed E-state index contributed by atoms with van der Waals surface area (Å²) in [5.74, 6) is 0.596. The van der Waals surface area contributed by atoms with Crippen LogP contribution in [-0.2, 0) is 26.1 Å². The Morgan fingerprint density at radius 1 is 1.38 bits per heavy atom. The highest BCUT2D eigenvalue weighted by molar-refractivity contribution is 7.89. The van der Waals surface area contributed by atoms with E-state index < -0.39 is 10.0 Å². The predicted octanol–water partition coefficient (Wildman–Crippen LogP) is 0.593. The Labute approximate surface area is 121 Å². The number of amides is 1. The number of carbonyl (C=O) groups excluding carboxylic acids is 1. The van der Waals surface area contributed by atoms with E-state index in [-0.39, 0.29) is 28.8 Å². The number of nitrogens with zero attached hydrogens (tertiary/aromatic N) is 2. The van der Waals surface area contributed by atoms with Gasteiger partial charge in [0.15, 0.2) is 0 Å². The Hall–Kier alpha value is -2.39. The smallest absolute Gasteiger partial charge is 0.290 e. The van der Waals surface area contributed by atoms with Gasteiger partial charge in [-0.3, -0.25) is 9.63 Å². The molecule has 0 aliphatic carbocycles. The van der Waals surface area contributed by atoms with Crippen molar-refractivity contribution in [3.63, 3.8) is 0 Å². The summed E-state index contributed by atoms with van der Waals surface area (Å²) in [6.45, 7) is 3.30. The topological polar surface area (TPSA) is 108 Å². The highest BCUT2D eigenvalue weighted by Crippen LogP contribution is 2.20. The van der Waals surface area contributed by atoms with Gasteiger partial charge in [0.05, 0.1) is 6.61 Å². The average Bonchev–Trinajstić information content (AvgIpc) is 3.11. The van der Waals surface area contributed by atoms with Gasteiger partial charge in [0.2, 0.25) is 6.41 Å². The number of aromatic nitrogens is 3. The van der Waals surface area contributed by atoms with E-state index >= 15 is 0 Å². The second-order valence-electron chi connectivity index (χ2n) is 3.98. The number of rotatable bonds is 8. The van der Waals surface area contributed by atoms with Crippen LogP contribution >= 0.6 is 0 Å². The molecule has 112 valence electrons. The van der Waals surface area contributed by atoms with Gasteiger partial charge in [0.25, 0.3) is 10.0 Å². The third-order valence-electron chi connectivity index (χ3n) is 2.61. The van der Waals surface area contributed by atoms with Gasteiger partial charge in [0.1, 0.15) is 10.7 Å². The molecular weight excluding hydrogens is 296 g/mol. The van der Waals surface area contributed by atoms with Gasteiger partial charge in [0, 0.05) is 30.7 Å². The molecule has 0 radical (unpaired) electrons. The number of aromatic amines is 2. The van der Waals surface area contributed by atoms with E-state index in [0.29, 0.717) is 11.5 Å². The number of H-pyrrole nitrogens is 2. The van der Waals surface area contributed by atoms with E-state index in [1.54, 1.807) is 12.4 Å². The molecule has 2 N–H and O–H groups in total. The molecule has 1 amide bonds. The zero-order valence-corrected chi connectivity index (χ0v) is 11.8. The Balaban J connectivity index is 2.29. The molecule has 21 heavy (non-hydrogen) atoms. The van der Waals surface area contributed by atoms with Crippen molar-refractivity contribution in [2.75, 3.05) is 6.61 Å². The van der Waals surface area contributed by atoms with Gasteiger partial charge >= 0.3 is 0 Å². The minimum absolute atomic E-state index is 0.0462. The van der Waals surface area contributed by atoms with Crippen molar-refractivity contribution in [1.82, 2.24) is 19.4 Å². The van der Waals surface area contributed by atoms with Crippen LogP contribution in [0.4, 0.5) is 0 Å². The van der Waals surface area contributed by atoms with E-state index in [4.69, 9.17) is 4.84 Å². The van der Waals surface area contributed by atoms with E-state index in [1.807, 2.05) is 0 Å². The molecule has 0 spiro atoms. The maximum atomic E-state index is 12.4. The summed E-state index contributed by atoms with van der Waals surface area (Å²) in [6, 6.07) is 1.36. The molecule has 0 aliphatic heterocycles. The number of carbonyl (C=O) groups is 1. The van der Waals surface area contributed by atoms with Gasteiger partial charge < -0.3 is 9.97 Å². The standard InChI is InChI=1S/C12H14N4O4S/c1-2-7-20-16(9-17)21(18,19)11-3-4-13-10(11)8-12-14-5-6-15-12/h2-6,9,13H,1,7-8H2,(H,14,15). The first-order chi connectivity index (χ1) is 10.1. The number of nitrogens with one attached hydrogen (secondary N) is 2. The van der Waals surface area contributed by atoms with Crippen LogP contribution in [0.1, 0.15) is 11.5 Å². The summed E-state index contributed by atoms with van der Waals surface area (Å²) in [4.78, 5) is 25.5. The van der Waals surface area contributed by atoms with Crippen molar-refractivity contribution in [2.45, 2.75) is 11.3 Å². The van der Waals surface area contributed by atoms with Crippen molar-refractivity contribution in [3.8, 4) is 0 Å². The van der Waals surface area contributed by atoms with Crippen molar-refractivity contribution in [2.24, 2.45) is 0 Å².